The number of fused-ring (bicyclic) bond motifs is 1. The summed E-state index contributed by atoms with van der Waals surface area (Å²) < 4.78 is 4.71. The van der Waals surface area contributed by atoms with E-state index in [1.165, 1.54) is 6.39 Å². The Labute approximate surface area is 81.4 Å². The molecule has 3 heteroatoms. The number of hydrogen-bond donors (Lipinski definition) is 0. The Morgan fingerprint density at radius 3 is 2.86 bits per heavy atom. The van der Waals surface area contributed by atoms with E-state index in [9.17, 15) is 4.79 Å². The molecule has 0 unspecified atom stereocenters. The van der Waals surface area contributed by atoms with Crippen molar-refractivity contribution in [2.75, 3.05) is 0 Å². The number of nitrogens with zero attached hydrogens (tertiary/aromatic N) is 1. The van der Waals surface area contributed by atoms with Crippen LogP contribution in [-0.4, -0.2) is 4.98 Å². The quantitative estimate of drug-likeness (QED) is 0.691. The number of hydrogen-bond acceptors (Lipinski definition) is 3. The smallest absolute Gasteiger partial charge is 0.346 e. The van der Waals surface area contributed by atoms with Gasteiger partial charge in [-0.1, -0.05) is 19.9 Å². The first-order valence-electron chi connectivity index (χ1n) is 4.56. The third-order valence-corrected chi connectivity index (χ3v) is 2.26. The van der Waals surface area contributed by atoms with Crippen molar-refractivity contribution >= 4 is 10.9 Å². The second-order valence-electron chi connectivity index (χ2n) is 3.57. The second kappa shape index (κ2) is 3.25. The molecule has 0 saturated carbocycles. The Morgan fingerprint density at radius 2 is 2.14 bits per heavy atom. The van der Waals surface area contributed by atoms with Crippen LogP contribution in [0.3, 0.4) is 0 Å². The van der Waals surface area contributed by atoms with Crippen LogP contribution in [0.4, 0.5) is 0 Å². The van der Waals surface area contributed by atoms with Gasteiger partial charge in [0.2, 0.25) is 0 Å². The Morgan fingerprint density at radius 1 is 1.36 bits per heavy atom. The molecule has 0 radical (unpaired) electrons. The Balaban J connectivity index is 2.76. The summed E-state index contributed by atoms with van der Waals surface area (Å²) in [6.45, 7) is 4.16. The molecule has 2 aromatic rings. The molecule has 1 aromatic carbocycles. The van der Waals surface area contributed by atoms with Crippen molar-refractivity contribution in [3.8, 4) is 0 Å². The van der Waals surface area contributed by atoms with Gasteiger partial charge < -0.3 is 4.42 Å². The molecule has 0 atom stereocenters. The highest BCUT2D eigenvalue weighted by molar-refractivity contribution is 5.77. The average Bonchev–Trinajstić information content (AvgIpc) is 2.18. The summed E-state index contributed by atoms with van der Waals surface area (Å²) in [4.78, 5) is 15.3. The predicted molar refractivity (Wildman–Crippen MR) is 54.4 cm³/mol. The molecule has 0 fully saturated rings. The topological polar surface area (TPSA) is 43.1 Å². The van der Waals surface area contributed by atoms with Gasteiger partial charge in [0.1, 0.15) is 0 Å². The molecule has 2 rings (SSSR count). The lowest BCUT2D eigenvalue weighted by molar-refractivity contribution is 0.501. The van der Waals surface area contributed by atoms with Gasteiger partial charge in [0.15, 0.2) is 6.39 Å². The highest BCUT2D eigenvalue weighted by Crippen LogP contribution is 2.17. The van der Waals surface area contributed by atoms with E-state index in [0.717, 1.165) is 5.56 Å². The van der Waals surface area contributed by atoms with Crippen LogP contribution < -0.4 is 5.63 Å². The van der Waals surface area contributed by atoms with Crippen LogP contribution in [0.2, 0.25) is 0 Å². The minimum absolute atomic E-state index is 0.322. The van der Waals surface area contributed by atoms with Crippen LogP contribution in [0.25, 0.3) is 10.9 Å². The van der Waals surface area contributed by atoms with Crippen molar-refractivity contribution in [2.24, 2.45) is 0 Å². The van der Waals surface area contributed by atoms with Gasteiger partial charge in [0.25, 0.3) is 0 Å². The molecule has 0 N–H and O–H groups in total. The first-order chi connectivity index (χ1) is 6.68. The van der Waals surface area contributed by atoms with Crippen LogP contribution in [0.15, 0.2) is 33.8 Å². The van der Waals surface area contributed by atoms with Crippen LogP contribution in [0.1, 0.15) is 25.3 Å². The maximum atomic E-state index is 11.3. The van der Waals surface area contributed by atoms with E-state index in [1.807, 2.05) is 18.2 Å². The van der Waals surface area contributed by atoms with Crippen molar-refractivity contribution in [3.63, 3.8) is 0 Å². The van der Waals surface area contributed by atoms with Crippen molar-refractivity contribution in [1.29, 1.82) is 0 Å². The van der Waals surface area contributed by atoms with Crippen LogP contribution >= 0.6 is 0 Å². The summed E-state index contributed by atoms with van der Waals surface area (Å²) in [6.07, 6.45) is 1.18. The van der Waals surface area contributed by atoms with E-state index in [4.69, 9.17) is 4.42 Å². The summed E-state index contributed by atoms with van der Waals surface area (Å²) in [6, 6.07) is 5.68. The van der Waals surface area contributed by atoms with Crippen LogP contribution in [0, 0.1) is 0 Å². The zero-order valence-corrected chi connectivity index (χ0v) is 8.15. The maximum Gasteiger partial charge on any atom is 0.346 e. The molecule has 0 spiro atoms. The Hall–Kier alpha value is -1.64. The molecule has 0 aliphatic rings. The van der Waals surface area contributed by atoms with Crippen molar-refractivity contribution in [3.05, 3.63) is 40.6 Å². The average molecular weight is 189 g/mol. The van der Waals surface area contributed by atoms with E-state index in [-0.39, 0.29) is 5.63 Å². The summed E-state index contributed by atoms with van der Waals surface area (Å²) in [5.41, 5.74) is 1.49. The van der Waals surface area contributed by atoms with E-state index < -0.39 is 0 Å². The minimum Gasteiger partial charge on any atom is -0.411 e. The number of benzene rings is 1. The van der Waals surface area contributed by atoms with Gasteiger partial charge in [-0.15, -0.1) is 0 Å². The summed E-state index contributed by atoms with van der Waals surface area (Å²) in [5, 5.41) is 0.554. The van der Waals surface area contributed by atoms with Crippen molar-refractivity contribution in [2.45, 2.75) is 19.8 Å². The molecule has 0 bridgehead atoms. The lowest BCUT2D eigenvalue weighted by atomic mass is 10.0. The highest BCUT2D eigenvalue weighted by Gasteiger charge is 2.04. The fraction of sp³-hybridized carbons (Fsp3) is 0.273. The highest BCUT2D eigenvalue weighted by atomic mass is 16.4. The maximum absolute atomic E-state index is 11.3. The second-order valence-corrected chi connectivity index (χ2v) is 3.57. The lowest BCUT2D eigenvalue weighted by Crippen LogP contribution is -2.01. The van der Waals surface area contributed by atoms with E-state index in [1.54, 1.807) is 0 Å². The van der Waals surface area contributed by atoms with E-state index in [0.29, 0.717) is 16.8 Å². The lowest BCUT2D eigenvalue weighted by Gasteiger charge is -2.04. The molecule has 1 heterocycles. The fourth-order valence-electron chi connectivity index (χ4n) is 1.38. The van der Waals surface area contributed by atoms with Gasteiger partial charge in [-0.05, 0) is 23.6 Å². The Bertz CT molecular complexity index is 514. The zero-order valence-electron chi connectivity index (χ0n) is 8.15. The largest absolute Gasteiger partial charge is 0.411 e. The van der Waals surface area contributed by atoms with Crippen molar-refractivity contribution in [1.82, 2.24) is 4.98 Å². The van der Waals surface area contributed by atoms with Crippen LogP contribution in [0.5, 0.6) is 0 Å². The number of aromatic nitrogens is 1. The molecule has 3 nitrogen and oxygen atoms in total. The SMILES string of the molecule is CC(C)c1ccc2ncoc(=O)c2c1. The van der Waals surface area contributed by atoms with Gasteiger partial charge in [0.05, 0.1) is 10.9 Å². The third kappa shape index (κ3) is 1.41. The monoisotopic (exact) mass is 189 g/mol. The normalized spacial score (nSPS) is 11.1. The zero-order chi connectivity index (χ0) is 10.1. The first-order valence-corrected chi connectivity index (χ1v) is 4.56. The molecular weight excluding hydrogens is 178 g/mol. The van der Waals surface area contributed by atoms with E-state index in [2.05, 4.69) is 18.8 Å². The third-order valence-electron chi connectivity index (χ3n) is 2.26. The molecule has 0 aliphatic heterocycles. The van der Waals surface area contributed by atoms with Gasteiger partial charge in [0, 0.05) is 0 Å². The minimum atomic E-state index is -0.322. The van der Waals surface area contributed by atoms with Gasteiger partial charge in [-0.25, -0.2) is 9.78 Å². The van der Waals surface area contributed by atoms with Gasteiger partial charge in [-0.3, -0.25) is 0 Å². The standard InChI is InChI=1S/C11H11NO2/c1-7(2)8-3-4-10-9(5-8)11(13)14-6-12-10/h3-7H,1-2H3. The van der Waals surface area contributed by atoms with Crippen molar-refractivity contribution < 1.29 is 4.42 Å². The molecule has 0 saturated heterocycles. The summed E-state index contributed by atoms with van der Waals surface area (Å²) in [5.74, 6) is 0.402. The van der Waals surface area contributed by atoms with Gasteiger partial charge >= 0.3 is 5.63 Å². The molecule has 0 aliphatic carbocycles. The summed E-state index contributed by atoms with van der Waals surface area (Å²) in [7, 11) is 0. The predicted octanol–water partition coefficient (Wildman–Crippen LogP) is 2.31. The molecule has 1 aromatic heterocycles. The van der Waals surface area contributed by atoms with Gasteiger partial charge in [-0.2, -0.15) is 0 Å². The van der Waals surface area contributed by atoms with Crippen LogP contribution in [-0.2, 0) is 0 Å². The molecule has 14 heavy (non-hydrogen) atoms. The summed E-state index contributed by atoms with van der Waals surface area (Å²) >= 11 is 0. The molecular formula is C11H11NO2. The Kier molecular flexibility index (Phi) is 2.08. The fourth-order valence-corrected chi connectivity index (χ4v) is 1.38. The molecule has 0 amide bonds. The first kappa shape index (κ1) is 8.94. The molecule has 72 valence electrons. The number of rotatable bonds is 1. The van der Waals surface area contributed by atoms with E-state index >= 15 is 0 Å².